The van der Waals surface area contributed by atoms with Crippen molar-refractivity contribution in [2.45, 2.75) is 24.6 Å². The van der Waals surface area contributed by atoms with E-state index in [0.717, 1.165) is 6.42 Å². The molecule has 11 heavy (non-hydrogen) atoms. The van der Waals surface area contributed by atoms with E-state index in [2.05, 4.69) is 0 Å². The van der Waals surface area contributed by atoms with E-state index in [9.17, 15) is 0 Å². The Morgan fingerprint density at radius 1 is 1.73 bits per heavy atom. The van der Waals surface area contributed by atoms with E-state index in [0.29, 0.717) is 0 Å². The largest absolute Gasteiger partial charge is 0.394 e. The van der Waals surface area contributed by atoms with Crippen molar-refractivity contribution in [1.29, 1.82) is 0 Å². The summed E-state index contributed by atoms with van der Waals surface area (Å²) in [5.74, 6) is 0. The van der Waals surface area contributed by atoms with Gasteiger partial charge in [0.2, 0.25) is 0 Å². The zero-order valence-electron chi connectivity index (χ0n) is 6.36. The second kappa shape index (κ2) is 4.38. The van der Waals surface area contributed by atoms with Crippen LogP contribution in [0.15, 0.2) is 0 Å². The first-order valence-electron chi connectivity index (χ1n) is 3.59. The molecule has 6 heteroatoms. The van der Waals surface area contributed by atoms with E-state index >= 15 is 0 Å². The summed E-state index contributed by atoms with van der Waals surface area (Å²) < 4.78 is 10.3. The van der Waals surface area contributed by atoms with Crippen molar-refractivity contribution >= 4 is 16.9 Å². The summed E-state index contributed by atoms with van der Waals surface area (Å²) >= 11 is 0. The summed E-state index contributed by atoms with van der Waals surface area (Å²) in [6, 6.07) is 0.119. The molecule has 4 nitrogen and oxygen atoms in total. The normalized spacial score (nSPS) is 38.9. The zero-order valence-corrected chi connectivity index (χ0v) is 7.36. The highest BCUT2D eigenvalue weighted by Crippen LogP contribution is 2.25. The van der Waals surface area contributed by atoms with Gasteiger partial charge in [-0.1, -0.05) is 0 Å². The minimum atomic E-state index is -0.521. The average Bonchev–Trinajstić information content (AvgIpc) is 2.32. The third kappa shape index (κ3) is 2.39. The molecule has 64 valence electrons. The molecule has 1 rings (SSSR count). The Hall–Kier alpha value is 0.335. The van der Waals surface area contributed by atoms with Gasteiger partial charge in [-0.25, -0.2) is 0 Å². The van der Waals surface area contributed by atoms with Crippen LogP contribution in [0.5, 0.6) is 0 Å². The minimum Gasteiger partial charge on any atom is -0.394 e. The van der Waals surface area contributed by atoms with Gasteiger partial charge in [-0.3, -0.25) is 0 Å². The topological polar surface area (TPSA) is 58.9 Å². The SMILES string of the molecule is BC1CC(OPO)C(CO)O1. The molecule has 4 atom stereocenters. The van der Waals surface area contributed by atoms with Gasteiger partial charge in [-0.05, 0) is 6.42 Å². The lowest BCUT2D eigenvalue weighted by Crippen LogP contribution is -2.25. The van der Waals surface area contributed by atoms with E-state index in [1.165, 1.54) is 0 Å². The molecule has 4 unspecified atom stereocenters. The Bertz CT molecular complexity index is 125. The van der Waals surface area contributed by atoms with Gasteiger partial charge in [0, 0.05) is 6.00 Å². The van der Waals surface area contributed by atoms with Gasteiger partial charge < -0.3 is 19.3 Å². The van der Waals surface area contributed by atoms with Crippen LogP contribution in [-0.2, 0) is 9.26 Å². The van der Waals surface area contributed by atoms with Crippen molar-refractivity contribution < 1.29 is 19.3 Å². The number of aliphatic hydroxyl groups excluding tert-OH is 1. The van der Waals surface area contributed by atoms with E-state index in [4.69, 9.17) is 19.3 Å². The first-order chi connectivity index (χ1) is 5.27. The van der Waals surface area contributed by atoms with Gasteiger partial charge in [0.05, 0.1) is 12.7 Å². The van der Waals surface area contributed by atoms with Crippen LogP contribution < -0.4 is 0 Å². The van der Waals surface area contributed by atoms with Crippen molar-refractivity contribution in [3.63, 3.8) is 0 Å². The lowest BCUT2D eigenvalue weighted by atomic mass is 9.96. The molecule has 0 aromatic carbocycles. The molecule has 0 aromatic rings. The molecule has 0 bridgehead atoms. The maximum atomic E-state index is 8.80. The van der Waals surface area contributed by atoms with Crippen molar-refractivity contribution in [3.8, 4) is 0 Å². The van der Waals surface area contributed by atoms with E-state index in [-0.39, 0.29) is 24.8 Å². The molecule has 1 fully saturated rings. The van der Waals surface area contributed by atoms with Gasteiger partial charge >= 0.3 is 0 Å². The number of aliphatic hydroxyl groups is 1. The molecule has 0 aliphatic carbocycles. The second-order valence-corrected chi connectivity index (χ2v) is 3.07. The van der Waals surface area contributed by atoms with Crippen LogP contribution in [-0.4, -0.2) is 42.7 Å². The molecule has 0 amide bonds. The first kappa shape index (κ1) is 9.42. The van der Waals surface area contributed by atoms with Crippen molar-refractivity contribution in [3.05, 3.63) is 0 Å². The van der Waals surface area contributed by atoms with Crippen LogP contribution in [0.2, 0.25) is 0 Å². The van der Waals surface area contributed by atoms with Crippen molar-refractivity contribution in [2.75, 3.05) is 6.61 Å². The van der Waals surface area contributed by atoms with Crippen molar-refractivity contribution in [1.82, 2.24) is 0 Å². The third-order valence-electron chi connectivity index (χ3n) is 1.77. The Labute approximate surface area is 68.2 Å². The smallest absolute Gasteiger partial charge is 0.152 e. The van der Waals surface area contributed by atoms with Crippen LogP contribution in [0.1, 0.15) is 6.42 Å². The number of ether oxygens (including phenoxy) is 1. The molecular weight excluding hydrogens is 166 g/mol. The minimum absolute atomic E-state index is 0.0422. The standard InChI is InChI=1S/C5H12BO4P/c6-5-1-3(10-11-8)4(2-7)9-5/h3-5,7-8,11H,1-2,6H2. The summed E-state index contributed by atoms with van der Waals surface area (Å²) in [7, 11) is 1.40. The summed E-state index contributed by atoms with van der Waals surface area (Å²) in [6.45, 7) is -0.0422. The maximum Gasteiger partial charge on any atom is 0.152 e. The fourth-order valence-corrected chi connectivity index (χ4v) is 1.66. The number of hydrogen-bond donors (Lipinski definition) is 2. The predicted molar refractivity (Wildman–Crippen MR) is 44.3 cm³/mol. The monoisotopic (exact) mass is 178 g/mol. The summed E-state index contributed by atoms with van der Waals surface area (Å²) in [6.07, 6.45) is 0.349. The number of hydrogen-bond acceptors (Lipinski definition) is 4. The average molecular weight is 178 g/mol. The van der Waals surface area contributed by atoms with Gasteiger partial charge in [0.1, 0.15) is 14.0 Å². The van der Waals surface area contributed by atoms with Crippen LogP contribution >= 0.6 is 9.03 Å². The van der Waals surface area contributed by atoms with Gasteiger partial charge in [-0.2, -0.15) is 0 Å². The molecule has 1 saturated heterocycles. The Morgan fingerprint density at radius 2 is 2.45 bits per heavy atom. The van der Waals surface area contributed by atoms with Crippen LogP contribution in [0, 0.1) is 0 Å². The second-order valence-electron chi connectivity index (χ2n) is 2.65. The molecule has 0 saturated carbocycles. The molecule has 1 heterocycles. The first-order valence-corrected chi connectivity index (χ1v) is 4.44. The lowest BCUT2D eigenvalue weighted by molar-refractivity contribution is 0.00553. The Kier molecular flexibility index (Phi) is 3.75. The predicted octanol–water partition coefficient (Wildman–Crippen LogP) is -1.39. The summed E-state index contributed by atoms with van der Waals surface area (Å²) in [4.78, 5) is 8.49. The zero-order chi connectivity index (χ0) is 8.27. The molecular formula is C5H12BO4P. The molecule has 2 N–H and O–H groups in total. The van der Waals surface area contributed by atoms with Crippen LogP contribution in [0.25, 0.3) is 0 Å². The molecule has 0 spiro atoms. The van der Waals surface area contributed by atoms with Crippen LogP contribution in [0.4, 0.5) is 0 Å². The van der Waals surface area contributed by atoms with Crippen molar-refractivity contribution in [2.24, 2.45) is 0 Å². The van der Waals surface area contributed by atoms with Gasteiger partial charge in [-0.15, -0.1) is 0 Å². The van der Waals surface area contributed by atoms with Crippen LogP contribution in [0.3, 0.4) is 0 Å². The highest BCUT2D eigenvalue weighted by atomic mass is 31.1. The Morgan fingerprint density at radius 3 is 3.00 bits per heavy atom. The molecule has 1 aliphatic rings. The highest BCUT2D eigenvalue weighted by molar-refractivity contribution is 7.25. The van der Waals surface area contributed by atoms with E-state index in [1.807, 2.05) is 7.85 Å². The maximum absolute atomic E-state index is 8.80. The quantitative estimate of drug-likeness (QED) is 0.412. The van der Waals surface area contributed by atoms with Gasteiger partial charge in [0.25, 0.3) is 0 Å². The van der Waals surface area contributed by atoms with E-state index < -0.39 is 9.03 Å². The third-order valence-corrected chi connectivity index (χ3v) is 2.18. The highest BCUT2D eigenvalue weighted by Gasteiger charge is 2.32. The summed E-state index contributed by atoms with van der Waals surface area (Å²) in [5, 5.41) is 8.80. The fraction of sp³-hybridized carbons (Fsp3) is 1.00. The fourth-order valence-electron chi connectivity index (χ4n) is 1.27. The molecule has 0 aromatic heterocycles. The molecule has 1 aliphatic heterocycles. The lowest BCUT2D eigenvalue weighted by Gasteiger charge is -2.14. The number of rotatable bonds is 3. The Balaban J connectivity index is 2.37. The van der Waals surface area contributed by atoms with Gasteiger partial charge in [0.15, 0.2) is 9.03 Å². The summed E-state index contributed by atoms with van der Waals surface area (Å²) in [5.41, 5.74) is 0. The van der Waals surface area contributed by atoms with E-state index in [1.54, 1.807) is 0 Å². The molecule has 0 radical (unpaired) electrons.